The molecular formula is C31H32N4O5. The zero-order valence-electron chi connectivity index (χ0n) is 22.5. The van der Waals surface area contributed by atoms with Gasteiger partial charge < -0.3 is 29.5 Å². The Balaban J connectivity index is 1.23. The lowest BCUT2D eigenvalue weighted by Gasteiger charge is -2.35. The molecule has 9 nitrogen and oxygen atoms in total. The molecule has 1 unspecified atom stereocenters. The number of nitrogens with one attached hydrogen (secondary N) is 1. The molecule has 1 saturated heterocycles. The average molecular weight is 541 g/mol. The first-order valence-electron chi connectivity index (χ1n) is 13.3. The number of hydrogen-bond donors (Lipinski definition) is 2. The second-order valence-corrected chi connectivity index (χ2v) is 9.91. The van der Waals surface area contributed by atoms with Crippen molar-refractivity contribution >= 4 is 28.6 Å². The number of ether oxygens (including phenoxy) is 1. The number of carbonyl (C=O) groups excluding carboxylic acids is 2. The smallest absolute Gasteiger partial charge is 0.410 e. The van der Waals surface area contributed by atoms with E-state index in [2.05, 4.69) is 10.2 Å². The predicted molar refractivity (Wildman–Crippen MR) is 154 cm³/mol. The minimum Gasteiger partial charge on any atom is -0.502 e. The van der Waals surface area contributed by atoms with Crippen molar-refractivity contribution in [2.45, 2.75) is 19.6 Å². The van der Waals surface area contributed by atoms with Gasteiger partial charge in [-0.1, -0.05) is 60.7 Å². The molecule has 9 heteroatoms. The third kappa shape index (κ3) is 5.49. The molecule has 2 amide bonds. The molecular weight excluding hydrogens is 508 g/mol. The first-order chi connectivity index (χ1) is 19.3. The lowest BCUT2D eigenvalue weighted by atomic mass is 10.0. The Kier molecular flexibility index (Phi) is 7.72. The zero-order chi connectivity index (χ0) is 28.2. The number of benzene rings is 3. The minimum atomic E-state index is -0.624. The van der Waals surface area contributed by atoms with E-state index in [1.54, 1.807) is 36.2 Å². The summed E-state index contributed by atoms with van der Waals surface area (Å²) in [6, 6.07) is 24.1. The van der Waals surface area contributed by atoms with Crippen molar-refractivity contribution in [1.82, 2.24) is 14.8 Å². The summed E-state index contributed by atoms with van der Waals surface area (Å²) >= 11 is 0. The normalized spacial score (nSPS) is 14.2. The van der Waals surface area contributed by atoms with Crippen molar-refractivity contribution in [3.05, 3.63) is 106 Å². The van der Waals surface area contributed by atoms with Crippen LogP contribution in [0, 0.1) is 0 Å². The molecule has 0 saturated carbocycles. The van der Waals surface area contributed by atoms with Crippen LogP contribution in [0.5, 0.6) is 5.75 Å². The summed E-state index contributed by atoms with van der Waals surface area (Å²) < 4.78 is 6.80. The number of carbonyl (C=O) groups is 2. The molecule has 4 aromatic rings. The van der Waals surface area contributed by atoms with Crippen molar-refractivity contribution in [3.63, 3.8) is 0 Å². The molecule has 3 aromatic carbocycles. The average Bonchev–Trinajstić information content (AvgIpc) is 2.99. The summed E-state index contributed by atoms with van der Waals surface area (Å²) in [5.41, 5.74) is 2.72. The standard InChI is InChI=1S/C31H32N4O5/c1-21(32-29(37)27-25-13-6-7-14-26(25)33(2)30(38)28(27)36)23-11-8-12-24(19-23)34-15-17-35(18-16-34)31(39)40-20-22-9-4-3-5-10-22/h3-14,19,21,36H,15-18,20H2,1-2H3,(H,32,37). The molecule has 1 fully saturated rings. The first kappa shape index (κ1) is 26.8. The number of nitrogens with zero attached hydrogens (tertiary/aromatic N) is 3. The van der Waals surface area contributed by atoms with Crippen molar-refractivity contribution < 1.29 is 19.4 Å². The summed E-state index contributed by atoms with van der Waals surface area (Å²) in [6.07, 6.45) is -0.319. The Morgan fingerprint density at radius 3 is 2.40 bits per heavy atom. The second kappa shape index (κ2) is 11.5. The second-order valence-electron chi connectivity index (χ2n) is 9.91. The van der Waals surface area contributed by atoms with E-state index in [4.69, 9.17) is 4.74 Å². The van der Waals surface area contributed by atoms with Gasteiger partial charge in [-0.2, -0.15) is 0 Å². The van der Waals surface area contributed by atoms with Gasteiger partial charge in [-0.05, 0) is 36.2 Å². The molecule has 0 bridgehead atoms. The molecule has 206 valence electrons. The Morgan fingerprint density at radius 1 is 0.950 bits per heavy atom. The van der Waals surface area contributed by atoms with Gasteiger partial charge in [0.15, 0.2) is 5.75 Å². The summed E-state index contributed by atoms with van der Waals surface area (Å²) in [6.45, 7) is 4.49. The highest BCUT2D eigenvalue weighted by atomic mass is 16.6. The van der Waals surface area contributed by atoms with Gasteiger partial charge in [-0.25, -0.2) is 4.79 Å². The number of fused-ring (bicyclic) bond motifs is 1. The lowest BCUT2D eigenvalue weighted by Crippen LogP contribution is -2.49. The maximum absolute atomic E-state index is 13.3. The van der Waals surface area contributed by atoms with Gasteiger partial charge in [0.1, 0.15) is 6.61 Å². The number of para-hydroxylation sites is 1. The molecule has 0 radical (unpaired) electrons. The van der Waals surface area contributed by atoms with Crippen LogP contribution in [0.1, 0.15) is 34.5 Å². The van der Waals surface area contributed by atoms with Crippen molar-refractivity contribution in [2.24, 2.45) is 7.05 Å². The van der Waals surface area contributed by atoms with Gasteiger partial charge in [0.2, 0.25) is 0 Å². The van der Waals surface area contributed by atoms with Gasteiger partial charge in [0.05, 0.1) is 17.1 Å². The molecule has 2 heterocycles. The Labute approximate surface area is 232 Å². The number of aromatic nitrogens is 1. The van der Waals surface area contributed by atoms with Gasteiger partial charge >= 0.3 is 6.09 Å². The van der Waals surface area contributed by atoms with Crippen LogP contribution in [-0.2, 0) is 18.4 Å². The number of aromatic hydroxyl groups is 1. The quantitative estimate of drug-likeness (QED) is 0.380. The van der Waals surface area contributed by atoms with E-state index in [0.29, 0.717) is 37.1 Å². The molecule has 2 N–H and O–H groups in total. The van der Waals surface area contributed by atoms with E-state index in [1.165, 1.54) is 4.57 Å². The predicted octanol–water partition coefficient (Wildman–Crippen LogP) is 4.19. The lowest BCUT2D eigenvalue weighted by molar-refractivity contribution is 0.0933. The highest BCUT2D eigenvalue weighted by Crippen LogP contribution is 2.26. The highest BCUT2D eigenvalue weighted by molar-refractivity contribution is 6.08. The Morgan fingerprint density at radius 2 is 1.65 bits per heavy atom. The number of pyridine rings is 1. The van der Waals surface area contributed by atoms with Crippen LogP contribution in [0.15, 0.2) is 83.7 Å². The van der Waals surface area contributed by atoms with Gasteiger partial charge in [-0.15, -0.1) is 0 Å². The highest BCUT2D eigenvalue weighted by Gasteiger charge is 2.24. The van der Waals surface area contributed by atoms with Crippen LogP contribution in [0.2, 0.25) is 0 Å². The third-order valence-corrected chi connectivity index (χ3v) is 7.33. The maximum Gasteiger partial charge on any atom is 0.410 e. The van der Waals surface area contributed by atoms with E-state index in [9.17, 15) is 19.5 Å². The maximum atomic E-state index is 13.3. The molecule has 1 aliphatic heterocycles. The van der Waals surface area contributed by atoms with Crippen LogP contribution < -0.4 is 15.8 Å². The van der Waals surface area contributed by atoms with Crippen LogP contribution in [0.3, 0.4) is 0 Å². The number of hydrogen-bond acceptors (Lipinski definition) is 6. The fourth-order valence-electron chi connectivity index (χ4n) is 5.01. The Hall–Kier alpha value is -4.79. The van der Waals surface area contributed by atoms with E-state index in [0.717, 1.165) is 16.8 Å². The molecule has 1 aromatic heterocycles. The van der Waals surface area contributed by atoms with Gasteiger partial charge in [0.25, 0.3) is 11.5 Å². The van der Waals surface area contributed by atoms with Gasteiger partial charge in [0, 0.05) is 44.3 Å². The number of piperazine rings is 1. The van der Waals surface area contributed by atoms with Crippen molar-refractivity contribution in [1.29, 1.82) is 0 Å². The van der Waals surface area contributed by atoms with Crippen LogP contribution in [0.25, 0.3) is 10.9 Å². The van der Waals surface area contributed by atoms with E-state index in [-0.39, 0.29) is 24.3 Å². The SMILES string of the molecule is CC(NC(=O)c1c(O)c(=O)n(C)c2ccccc12)c1cccc(N2CCN(C(=O)OCc3ccccc3)CC2)c1. The van der Waals surface area contributed by atoms with Crippen molar-refractivity contribution in [3.8, 4) is 5.75 Å². The van der Waals surface area contributed by atoms with Crippen LogP contribution in [-0.4, -0.2) is 52.8 Å². The largest absolute Gasteiger partial charge is 0.502 e. The molecule has 0 spiro atoms. The van der Waals surface area contributed by atoms with E-state index >= 15 is 0 Å². The molecule has 1 atom stereocenters. The summed E-state index contributed by atoms with van der Waals surface area (Å²) in [4.78, 5) is 42.3. The fourth-order valence-corrected chi connectivity index (χ4v) is 5.01. The monoisotopic (exact) mass is 540 g/mol. The summed E-state index contributed by atoms with van der Waals surface area (Å²) in [5.74, 6) is -1.09. The molecule has 1 aliphatic rings. The summed E-state index contributed by atoms with van der Waals surface area (Å²) in [7, 11) is 1.56. The number of rotatable bonds is 6. The molecule has 40 heavy (non-hydrogen) atoms. The van der Waals surface area contributed by atoms with Gasteiger partial charge in [-0.3, -0.25) is 9.59 Å². The number of aryl methyl sites for hydroxylation is 1. The topological polar surface area (TPSA) is 104 Å². The molecule has 0 aliphatic carbocycles. The number of anilines is 1. The van der Waals surface area contributed by atoms with E-state index in [1.807, 2.05) is 61.5 Å². The minimum absolute atomic E-state index is 0.0306. The Bertz CT molecular complexity index is 1590. The van der Waals surface area contributed by atoms with E-state index < -0.39 is 17.2 Å². The fraction of sp³-hybridized carbons (Fsp3) is 0.258. The zero-order valence-corrected chi connectivity index (χ0v) is 22.5. The molecule has 5 rings (SSSR count). The number of amides is 2. The van der Waals surface area contributed by atoms with Crippen LogP contribution in [0.4, 0.5) is 10.5 Å². The summed E-state index contributed by atoms with van der Waals surface area (Å²) in [5, 5.41) is 14.0. The first-order valence-corrected chi connectivity index (χ1v) is 13.3. The third-order valence-electron chi connectivity index (χ3n) is 7.33. The van der Waals surface area contributed by atoms with Crippen LogP contribution >= 0.6 is 0 Å². The van der Waals surface area contributed by atoms with Crippen molar-refractivity contribution in [2.75, 3.05) is 31.1 Å².